The first kappa shape index (κ1) is 23.0. The second-order valence-corrected chi connectivity index (χ2v) is 9.10. The molecule has 0 unspecified atom stereocenters. The number of benzene rings is 1. The molecule has 3 heterocycles. The molecule has 12 heteroatoms. The molecule has 1 aliphatic rings. The van der Waals surface area contributed by atoms with E-state index in [9.17, 15) is 13.6 Å². The van der Waals surface area contributed by atoms with Gasteiger partial charge < -0.3 is 21.4 Å². The molecule has 1 aliphatic carbocycles. The zero-order chi connectivity index (χ0) is 24.7. The first-order valence-corrected chi connectivity index (χ1v) is 11.5. The van der Waals surface area contributed by atoms with E-state index < -0.39 is 11.6 Å². The number of aromatic nitrogens is 5. The Bertz CT molecular complexity index is 1420. The Morgan fingerprint density at radius 1 is 1.23 bits per heavy atom. The largest absolute Gasteiger partial charge is 0.382 e. The van der Waals surface area contributed by atoms with Crippen molar-refractivity contribution in [2.24, 2.45) is 7.05 Å². The Labute approximate surface area is 204 Å². The molecule has 5 N–H and O–H groups in total. The van der Waals surface area contributed by atoms with Crippen LogP contribution in [0.15, 0.2) is 30.6 Å². The number of halogens is 3. The quantitative estimate of drug-likeness (QED) is 0.328. The molecule has 1 amide bonds. The summed E-state index contributed by atoms with van der Waals surface area (Å²) in [4.78, 5) is 24.0. The van der Waals surface area contributed by atoms with E-state index in [1.54, 1.807) is 19.3 Å². The number of hydrogen-bond acceptors (Lipinski definition) is 6. The minimum absolute atomic E-state index is 0.0447. The van der Waals surface area contributed by atoms with Crippen LogP contribution < -0.4 is 16.4 Å². The van der Waals surface area contributed by atoms with E-state index in [0.29, 0.717) is 23.1 Å². The number of nitrogen functional groups attached to an aromatic ring is 1. The van der Waals surface area contributed by atoms with Crippen LogP contribution in [0.25, 0.3) is 22.3 Å². The topological polar surface area (TPSA) is 127 Å². The van der Waals surface area contributed by atoms with Crippen molar-refractivity contribution >= 4 is 40.0 Å². The van der Waals surface area contributed by atoms with Crippen LogP contribution in [-0.4, -0.2) is 42.7 Å². The summed E-state index contributed by atoms with van der Waals surface area (Å²) in [5, 5.41) is 10.9. The van der Waals surface area contributed by atoms with Crippen LogP contribution in [0.5, 0.6) is 0 Å². The van der Waals surface area contributed by atoms with Crippen molar-refractivity contribution < 1.29 is 13.6 Å². The van der Waals surface area contributed by atoms with Crippen LogP contribution in [0, 0.1) is 11.6 Å². The third kappa shape index (κ3) is 4.63. The number of anilines is 2. The Hall–Kier alpha value is -3.73. The molecule has 0 spiro atoms. The van der Waals surface area contributed by atoms with E-state index in [0.717, 1.165) is 25.5 Å². The standard InChI is InChI=1S/C23H23ClF2N8O/c1-34-18(8-19(27)33-34)23(35)31-13-4-2-3-12(7-13)30-22-17(26)10-29-21(32-22)15-9-28-20-14(15)5-11(24)6-16(20)25/h5-6,8-10,12-13,28H,2-4,7H2,1H3,(H2,27,33)(H,31,35)(H,29,30,32)/t12-,13+/m0/s1. The fraction of sp³-hybridized carbons (Fsp3) is 0.304. The summed E-state index contributed by atoms with van der Waals surface area (Å²) < 4.78 is 30.3. The zero-order valence-electron chi connectivity index (χ0n) is 18.8. The number of nitrogens with zero attached hydrogens (tertiary/aromatic N) is 4. The predicted octanol–water partition coefficient (Wildman–Crippen LogP) is 4.03. The van der Waals surface area contributed by atoms with Gasteiger partial charge in [0.15, 0.2) is 17.5 Å². The van der Waals surface area contributed by atoms with Crippen molar-refractivity contribution in [3.05, 3.63) is 52.9 Å². The highest BCUT2D eigenvalue weighted by molar-refractivity contribution is 6.31. The number of fused-ring (bicyclic) bond motifs is 1. The number of nitrogens with one attached hydrogen (secondary N) is 3. The number of aryl methyl sites for hydroxylation is 1. The van der Waals surface area contributed by atoms with Gasteiger partial charge in [-0.3, -0.25) is 9.48 Å². The van der Waals surface area contributed by atoms with Crippen LogP contribution in [-0.2, 0) is 7.05 Å². The second kappa shape index (κ2) is 9.14. The van der Waals surface area contributed by atoms with E-state index in [2.05, 4.69) is 30.7 Å². The van der Waals surface area contributed by atoms with Crippen molar-refractivity contribution in [2.45, 2.75) is 37.8 Å². The number of rotatable bonds is 5. The van der Waals surface area contributed by atoms with Gasteiger partial charge in [-0.25, -0.2) is 18.7 Å². The molecule has 35 heavy (non-hydrogen) atoms. The number of aromatic amines is 1. The molecule has 1 saturated carbocycles. The highest BCUT2D eigenvalue weighted by Crippen LogP contribution is 2.32. The van der Waals surface area contributed by atoms with Crippen LogP contribution in [0.3, 0.4) is 0 Å². The Morgan fingerprint density at radius 2 is 2.03 bits per heavy atom. The summed E-state index contributed by atoms with van der Waals surface area (Å²) in [5.74, 6) is -0.809. The van der Waals surface area contributed by atoms with Gasteiger partial charge in [0.2, 0.25) is 0 Å². The smallest absolute Gasteiger partial charge is 0.269 e. The van der Waals surface area contributed by atoms with Gasteiger partial charge in [-0.05, 0) is 37.8 Å². The summed E-state index contributed by atoms with van der Waals surface area (Å²) in [5.41, 5.74) is 6.82. The average molecular weight is 501 g/mol. The van der Waals surface area contributed by atoms with Crippen molar-refractivity contribution in [1.82, 2.24) is 30.0 Å². The lowest BCUT2D eigenvalue weighted by Gasteiger charge is -2.30. The minimum Gasteiger partial charge on any atom is -0.382 e. The molecular formula is C23H23ClF2N8O. The summed E-state index contributed by atoms with van der Waals surface area (Å²) in [6.07, 6.45) is 5.67. The molecule has 3 aromatic heterocycles. The number of hydrogen-bond donors (Lipinski definition) is 4. The lowest BCUT2D eigenvalue weighted by Crippen LogP contribution is -2.42. The average Bonchev–Trinajstić information content (AvgIpc) is 3.38. The van der Waals surface area contributed by atoms with Gasteiger partial charge in [-0.1, -0.05) is 11.6 Å². The molecule has 0 bridgehead atoms. The highest BCUT2D eigenvalue weighted by Gasteiger charge is 2.26. The Morgan fingerprint density at radius 3 is 2.80 bits per heavy atom. The van der Waals surface area contributed by atoms with Gasteiger partial charge in [0.05, 0.1) is 11.7 Å². The third-order valence-corrected chi connectivity index (χ3v) is 6.39. The summed E-state index contributed by atoms with van der Waals surface area (Å²) in [6, 6.07) is 4.13. The van der Waals surface area contributed by atoms with Gasteiger partial charge in [0, 0.05) is 47.4 Å². The molecule has 0 radical (unpaired) electrons. The number of nitrogens with two attached hydrogens (primary N) is 1. The molecular weight excluding hydrogens is 478 g/mol. The van der Waals surface area contributed by atoms with Crippen molar-refractivity contribution in [3.63, 3.8) is 0 Å². The maximum absolute atomic E-state index is 14.6. The molecule has 2 atom stereocenters. The number of amides is 1. The summed E-state index contributed by atoms with van der Waals surface area (Å²) in [6.45, 7) is 0. The van der Waals surface area contributed by atoms with E-state index in [-0.39, 0.29) is 46.0 Å². The Balaban J connectivity index is 1.33. The van der Waals surface area contributed by atoms with E-state index in [1.165, 1.54) is 16.8 Å². The second-order valence-electron chi connectivity index (χ2n) is 8.66. The monoisotopic (exact) mass is 500 g/mol. The van der Waals surface area contributed by atoms with Crippen molar-refractivity contribution in [1.29, 1.82) is 0 Å². The SMILES string of the molecule is Cn1nc(N)cc1C(=O)N[C@@H]1CCC[C@H](Nc2nc(-c3c[nH]c4c(F)cc(Cl)cc34)ncc2F)C1. The summed E-state index contributed by atoms with van der Waals surface area (Å²) >= 11 is 6.02. The van der Waals surface area contributed by atoms with Gasteiger partial charge in [-0.15, -0.1) is 0 Å². The lowest BCUT2D eigenvalue weighted by molar-refractivity contribution is 0.0917. The minimum atomic E-state index is -0.602. The highest BCUT2D eigenvalue weighted by atomic mass is 35.5. The molecule has 182 valence electrons. The molecule has 1 aromatic carbocycles. The number of H-pyrrole nitrogens is 1. The zero-order valence-corrected chi connectivity index (χ0v) is 19.5. The first-order valence-electron chi connectivity index (χ1n) is 11.1. The maximum atomic E-state index is 14.6. The molecule has 0 aliphatic heterocycles. The maximum Gasteiger partial charge on any atom is 0.269 e. The first-order chi connectivity index (χ1) is 16.8. The normalized spacial score (nSPS) is 18.1. The van der Waals surface area contributed by atoms with Gasteiger partial charge >= 0.3 is 0 Å². The fourth-order valence-corrected chi connectivity index (χ4v) is 4.75. The lowest BCUT2D eigenvalue weighted by atomic mass is 9.91. The Kier molecular flexibility index (Phi) is 6.01. The third-order valence-electron chi connectivity index (χ3n) is 6.17. The van der Waals surface area contributed by atoms with Crippen molar-refractivity contribution in [3.8, 4) is 11.4 Å². The van der Waals surface area contributed by atoms with E-state index >= 15 is 0 Å². The van der Waals surface area contributed by atoms with Gasteiger partial charge in [-0.2, -0.15) is 5.10 Å². The van der Waals surface area contributed by atoms with Gasteiger partial charge in [0.1, 0.15) is 17.3 Å². The summed E-state index contributed by atoms with van der Waals surface area (Å²) in [7, 11) is 1.65. The van der Waals surface area contributed by atoms with Crippen LogP contribution in [0.2, 0.25) is 5.02 Å². The molecule has 4 aromatic rings. The predicted molar refractivity (Wildman–Crippen MR) is 129 cm³/mol. The van der Waals surface area contributed by atoms with E-state index in [1.807, 2.05) is 0 Å². The van der Waals surface area contributed by atoms with Crippen LogP contribution >= 0.6 is 11.6 Å². The van der Waals surface area contributed by atoms with Crippen LogP contribution in [0.4, 0.5) is 20.4 Å². The van der Waals surface area contributed by atoms with E-state index in [4.69, 9.17) is 17.3 Å². The number of carbonyl (C=O) groups is 1. The molecule has 0 saturated heterocycles. The molecule has 9 nitrogen and oxygen atoms in total. The van der Waals surface area contributed by atoms with Crippen molar-refractivity contribution in [2.75, 3.05) is 11.1 Å². The van der Waals surface area contributed by atoms with Crippen LogP contribution in [0.1, 0.15) is 36.2 Å². The van der Waals surface area contributed by atoms with Gasteiger partial charge in [0.25, 0.3) is 5.91 Å². The molecule has 1 fully saturated rings. The molecule has 5 rings (SSSR count). The fourth-order valence-electron chi connectivity index (χ4n) is 4.54. The number of carbonyl (C=O) groups excluding carboxylic acids is 1.